The van der Waals surface area contributed by atoms with Gasteiger partial charge in [0.25, 0.3) is 5.56 Å². The van der Waals surface area contributed by atoms with Crippen molar-refractivity contribution in [1.29, 1.82) is 0 Å². The van der Waals surface area contributed by atoms with Gasteiger partial charge in [-0.2, -0.15) is 13.2 Å². The number of benzene rings is 1. The highest BCUT2D eigenvalue weighted by Crippen LogP contribution is 2.41. The van der Waals surface area contributed by atoms with Crippen LogP contribution in [0.25, 0.3) is 16.6 Å². The Kier molecular flexibility index (Phi) is 7.03. The number of fused-ring (bicyclic) bond motifs is 1. The van der Waals surface area contributed by atoms with Crippen LogP contribution in [-0.2, 0) is 5.92 Å². The smallest absolute Gasteiger partial charge is 0.303 e. The number of pyridine rings is 1. The summed E-state index contributed by atoms with van der Waals surface area (Å²) in [7, 11) is 0. The zero-order valence-corrected chi connectivity index (χ0v) is 19.6. The van der Waals surface area contributed by atoms with Gasteiger partial charge in [0.05, 0.1) is 23.7 Å². The monoisotopic (exact) mass is 496 g/mol. The van der Waals surface area contributed by atoms with E-state index in [1.807, 2.05) is 0 Å². The SMILES string of the molecule is C=C(CCF)n1cc2c(N[C@H](C)c3cccc(C(F)(F)C(C)(C)O)c3F)nc(C)nc2c(F)c1=O. The van der Waals surface area contributed by atoms with E-state index in [1.165, 1.54) is 32.2 Å². The number of alkyl halides is 3. The molecule has 2 heterocycles. The van der Waals surface area contributed by atoms with Crippen molar-refractivity contribution in [3.05, 3.63) is 69.9 Å². The predicted octanol–water partition coefficient (Wildman–Crippen LogP) is 5.24. The largest absolute Gasteiger partial charge is 0.384 e. The van der Waals surface area contributed by atoms with Crippen molar-refractivity contribution >= 4 is 22.4 Å². The molecule has 188 valence electrons. The molecule has 0 fully saturated rings. The van der Waals surface area contributed by atoms with E-state index < -0.39 is 47.0 Å². The Hall–Kier alpha value is -3.34. The Morgan fingerprint density at radius 2 is 1.89 bits per heavy atom. The molecule has 0 aliphatic heterocycles. The molecule has 35 heavy (non-hydrogen) atoms. The van der Waals surface area contributed by atoms with E-state index in [0.29, 0.717) is 0 Å². The van der Waals surface area contributed by atoms with Crippen molar-refractivity contribution in [2.24, 2.45) is 0 Å². The fraction of sp³-hybridized carbons (Fsp3) is 0.375. The molecule has 6 nitrogen and oxygen atoms in total. The van der Waals surface area contributed by atoms with Crippen LogP contribution in [0, 0.1) is 18.6 Å². The highest BCUT2D eigenvalue weighted by atomic mass is 19.3. The number of aryl methyl sites for hydroxylation is 1. The minimum atomic E-state index is -3.89. The maximum absolute atomic E-state index is 15.2. The average Bonchev–Trinajstić information content (AvgIpc) is 2.75. The number of hydrogen-bond donors (Lipinski definition) is 2. The summed E-state index contributed by atoms with van der Waals surface area (Å²) in [5.74, 6) is -6.23. The molecule has 3 rings (SSSR count). The van der Waals surface area contributed by atoms with Crippen LogP contribution in [0.5, 0.6) is 0 Å². The second kappa shape index (κ2) is 9.37. The van der Waals surface area contributed by atoms with Crippen LogP contribution in [0.4, 0.5) is 27.8 Å². The highest BCUT2D eigenvalue weighted by Gasteiger charge is 2.49. The van der Waals surface area contributed by atoms with Crippen molar-refractivity contribution < 1.29 is 27.1 Å². The molecule has 2 aromatic heterocycles. The predicted molar refractivity (Wildman–Crippen MR) is 123 cm³/mol. The van der Waals surface area contributed by atoms with Crippen LogP contribution in [-0.4, -0.2) is 31.9 Å². The maximum atomic E-state index is 15.2. The van der Waals surface area contributed by atoms with Gasteiger partial charge in [0.15, 0.2) is 0 Å². The molecule has 0 aliphatic rings. The van der Waals surface area contributed by atoms with Crippen LogP contribution in [0.1, 0.15) is 50.2 Å². The summed E-state index contributed by atoms with van der Waals surface area (Å²) >= 11 is 0. The van der Waals surface area contributed by atoms with Gasteiger partial charge in [-0.3, -0.25) is 13.8 Å². The van der Waals surface area contributed by atoms with Crippen LogP contribution in [0.15, 0.2) is 35.8 Å². The van der Waals surface area contributed by atoms with Crippen molar-refractivity contribution in [3.8, 4) is 0 Å². The number of halogens is 5. The third-order valence-corrected chi connectivity index (χ3v) is 5.61. The van der Waals surface area contributed by atoms with E-state index in [-0.39, 0.29) is 40.2 Å². The van der Waals surface area contributed by atoms with Gasteiger partial charge >= 0.3 is 5.92 Å². The van der Waals surface area contributed by atoms with Gasteiger partial charge < -0.3 is 10.4 Å². The fourth-order valence-corrected chi connectivity index (χ4v) is 3.58. The van der Waals surface area contributed by atoms with E-state index in [0.717, 1.165) is 24.5 Å². The molecule has 0 aliphatic carbocycles. The zero-order valence-electron chi connectivity index (χ0n) is 19.6. The van der Waals surface area contributed by atoms with E-state index in [1.54, 1.807) is 0 Å². The van der Waals surface area contributed by atoms with Crippen molar-refractivity contribution in [2.45, 2.75) is 51.7 Å². The summed E-state index contributed by atoms with van der Waals surface area (Å²) in [6.45, 7) is 7.46. The number of nitrogens with zero attached hydrogens (tertiary/aromatic N) is 3. The molecule has 1 aromatic carbocycles. The fourth-order valence-electron chi connectivity index (χ4n) is 3.58. The molecule has 2 N–H and O–H groups in total. The lowest BCUT2D eigenvalue weighted by Gasteiger charge is -2.30. The molecule has 0 saturated carbocycles. The van der Waals surface area contributed by atoms with E-state index in [2.05, 4.69) is 21.9 Å². The molecule has 0 radical (unpaired) electrons. The summed E-state index contributed by atoms with van der Waals surface area (Å²) in [5.41, 5.74) is -5.05. The number of rotatable bonds is 8. The summed E-state index contributed by atoms with van der Waals surface area (Å²) < 4.78 is 73.1. The zero-order chi connectivity index (χ0) is 26.3. The van der Waals surface area contributed by atoms with Crippen molar-refractivity contribution in [3.63, 3.8) is 0 Å². The summed E-state index contributed by atoms with van der Waals surface area (Å²) in [5, 5.41) is 12.7. The number of nitrogens with one attached hydrogen (secondary N) is 1. The lowest BCUT2D eigenvalue weighted by Crippen LogP contribution is -2.41. The Morgan fingerprint density at radius 1 is 1.23 bits per heavy atom. The lowest BCUT2D eigenvalue weighted by molar-refractivity contribution is -0.170. The van der Waals surface area contributed by atoms with E-state index >= 15 is 4.39 Å². The minimum absolute atomic E-state index is 0.000232. The van der Waals surface area contributed by atoms with E-state index in [9.17, 15) is 27.5 Å². The second-order valence-electron chi connectivity index (χ2n) is 8.71. The molecule has 0 unspecified atom stereocenters. The Morgan fingerprint density at radius 3 is 2.49 bits per heavy atom. The first kappa shape index (κ1) is 26.3. The van der Waals surface area contributed by atoms with E-state index in [4.69, 9.17) is 0 Å². The van der Waals surface area contributed by atoms with Gasteiger partial charge in [0, 0.05) is 23.9 Å². The average molecular weight is 496 g/mol. The van der Waals surface area contributed by atoms with Crippen molar-refractivity contribution in [1.82, 2.24) is 14.5 Å². The second-order valence-corrected chi connectivity index (χ2v) is 8.71. The van der Waals surface area contributed by atoms with Crippen LogP contribution < -0.4 is 10.9 Å². The molecule has 0 spiro atoms. The topological polar surface area (TPSA) is 80.0 Å². The van der Waals surface area contributed by atoms with Gasteiger partial charge in [-0.1, -0.05) is 18.7 Å². The van der Waals surface area contributed by atoms with Gasteiger partial charge in [-0.25, -0.2) is 14.4 Å². The standard InChI is InChI=1S/C24H25F5N4O2/c1-12(9-10-25)33-11-16-20(19(27)22(33)34)31-14(3)32-21(16)30-13(2)15-7-6-8-17(18(15)26)24(28,29)23(4,5)35/h6-8,11,13,35H,1,9-10H2,2-5H3,(H,30,31,32)/t13-/m1/s1. The van der Waals surface area contributed by atoms with Crippen LogP contribution in [0.3, 0.4) is 0 Å². The molecule has 3 aromatic rings. The van der Waals surface area contributed by atoms with Crippen molar-refractivity contribution in [2.75, 3.05) is 12.0 Å². The molecule has 1 atom stereocenters. The van der Waals surface area contributed by atoms with Gasteiger partial charge in [-0.05, 0) is 33.8 Å². The third kappa shape index (κ3) is 4.77. The molecular formula is C24H25F5N4O2. The number of aliphatic hydroxyl groups is 1. The molecular weight excluding hydrogens is 471 g/mol. The number of aromatic nitrogens is 3. The van der Waals surface area contributed by atoms with Gasteiger partial charge in [-0.15, -0.1) is 0 Å². The number of anilines is 1. The first-order chi connectivity index (χ1) is 16.2. The third-order valence-electron chi connectivity index (χ3n) is 5.61. The maximum Gasteiger partial charge on any atom is 0.303 e. The molecule has 0 amide bonds. The summed E-state index contributed by atoms with van der Waals surface area (Å²) in [4.78, 5) is 20.6. The Bertz CT molecular complexity index is 1350. The highest BCUT2D eigenvalue weighted by molar-refractivity contribution is 5.89. The number of hydrogen-bond acceptors (Lipinski definition) is 5. The first-order valence-corrected chi connectivity index (χ1v) is 10.7. The number of allylic oxidation sites excluding steroid dienone is 1. The molecule has 0 saturated heterocycles. The normalized spacial score (nSPS) is 13.2. The first-order valence-electron chi connectivity index (χ1n) is 10.7. The Balaban J connectivity index is 2.13. The molecule has 11 heteroatoms. The Labute approximate surface area is 198 Å². The van der Waals surface area contributed by atoms with Crippen LogP contribution in [0.2, 0.25) is 0 Å². The summed E-state index contributed by atoms with van der Waals surface area (Å²) in [6.07, 6.45) is 0.979. The lowest BCUT2D eigenvalue weighted by atomic mass is 9.91. The summed E-state index contributed by atoms with van der Waals surface area (Å²) in [6, 6.07) is 2.45. The molecule has 0 bridgehead atoms. The van der Waals surface area contributed by atoms with Crippen LogP contribution >= 0.6 is 0 Å². The minimum Gasteiger partial charge on any atom is -0.384 e. The van der Waals surface area contributed by atoms with Gasteiger partial charge in [0.2, 0.25) is 5.82 Å². The quantitative estimate of drug-likeness (QED) is 0.417. The van der Waals surface area contributed by atoms with Gasteiger partial charge in [0.1, 0.15) is 28.6 Å².